The summed E-state index contributed by atoms with van der Waals surface area (Å²) in [5.41, 5.74) is 0. The van der Waals surface area contributed by atoms with Gasteiger partial charge in [-0.05, 0) is 98.8 Å². The fraction of sp³-hybridized carbons (Fsp3) is 0.753. The zero-order valence-corrected chi connectivity index (χ0v) is 70.9. The third-order valence-corrected chi connectivity index (χ3v) is 14.0. The number of carbonyl (C=O) groups is 20. The number of rotatable bonds is 63. The second-order valence-electron chi connectivity index (χ2n) is 25.7. The molecular formula is C81H140O31. The SMILES string of the molecule is CCC(=O)CCCC(=O)COC.CCCC(=O)CCC(=O)COC.CCCCC(=O)CC(=O)COC.CCCCCC(=O)C(=O)COC.COCC(=O)C(=O)CCCC(C)=O.COCC(=O)CC(=O)CCC(C)=O.COCC(=O)CCC(O)CC(C)=O.COCC(=O)CCCC(O)C(C)=O.COCC(=O)CCCCC(C)=O. The van der Waals surface area contributed by atoms with Gasteiger partial charge in [0.05, 0.1) is 18.9 Å². The summed E-state index contributed by atoms with van der Waals surface area (Å²) in [4.78, 5) is 216. The van der Waals surface area contributed by atoms with Crippen LogP contribution in [0.25, 0.3) is 0 Å². The van der Waals surface area contributed by atoms with Gasteiger partial charge in [-0.2, -0.15) is 0 Å². The standard InChI is InChI=1S/C9H16O4.C9H14O4.C9H16O4.C9H14O4.5C9H16O3/c1-7(10)5-8(11)3-4-9(12)6-13-2;1-7(10)3-4-8(11)5-9(12)6-13-2;1-7(10)9(12)5-3-4-8(11)6-13-2;1-7(10)4-3-5-8(11)9(12)6-13-2;1-8(10)5-3-4-6-9(11)7-12-2;1-3-8(10)5-4-6-9(11)7-12-2;1-3-4-8(10)5-6-9(11)7-12-2;1-3-4-5-8(10)6-9(11)7-12-2;1-3-4-5-6-8(10)9(11)7-12-2/h8,11H,3-6H2,1-2H3;3-6H2,1-2H3;9,12H,3-6H2,1-2H3;3-6H2,1-2H3;5*3-7H2,1-2H3. The van der Waals surface area contributed by atoms with Crippen LogP contribution in [0.3, 0.4) is 0 Å². The number of hydrogen-bond acceptors (Lipinski definition) is 31. The molecule has 2 unspecified atom stereocenters. The van der Waals surface area contributed by atoms with E-state index in [2.05, 4.69) is 49.6 Å². The largest absolute Gasteiger partial charge is 0.393 e. The predicted molar refractivity (Wildman–Crippen MR) is 418 cm³/mol. The highest BCUT2D eigenvalue weighted by Crippen LogP contribution is 2.08. The molecule has 650 valence electrons. The zero-order valence-electron chi connectivity index (χ0n) is 70.9. The number of unbranched alkanes of at least 4 members (excludes halogenated alkanes) is 4. The summed E-state index contributed by atoms with van der Waals surface area (Å²) < 4.78 is 41.4. The van der Waals surface area contributed by atoms with Crippen molar-refractivity contribution in [3.05, 3.63) is 0 Å². The van der Waals surface area contributed by atoms with Gasteiger partial charge in [0.2, 0.25) is 23.1 Å². The molecule has 0 bridgehead atoms. The molecule has 0 fully saturated rings. The summed E-state index contributed by atoms with van der Waals surface area (Å²) in [6.45, 7) is 15.5. The number of ketones is 20. The second kappa shape index (κ2) is 92.8. The van der Waals surface area contributed by atoms with Crippen LogP contribution in [0.2, 0.25) is 0 Å². The van der Waals surface area contributed by atoms with E-state index < -0.39 is 29.6 Å². The van der Waals surface area contributed by atoms with Gasteiger partial charge in [0.25, 0.3) is 0 Å². The van der Waals surface area contributed by atoms with Crippen LogP contribution < -0.4 is 0 Å². The van der Waals surface area contributed by atoms with Gasteiger partial charge in [-0.15, -0.1) is 0 Å². The van der Waals surface area contributed by atoms with Gasteiger partial charge >= 0.3 is 0 Å². The van der Waals surface area contributed by atoms with Crippen LogP contribution in [-0.4, -0.2) is 262 Å². The Morgan fingerprint density at radius 2 is 0.545 bits per heavy atom. The van der Waals surface area contributed by atoms with Crippen LogP contribution in [0.1, 0.15) is 268 Å². The van der Waals surface area contributed by atoms with Gasteiger partial charge in [0, 0.05) is 173 Å². The van der Waals surface area contributed by atoms with Gasteiger partial charge in [0.15, 0.2) is 46.3 Å². The number of Topliss-reactive ketones (excluding diaryl/α,β-unsaturated/α-hetero) is 20. The molecule has 31 heteroatoms. The molecule has 0 spiro atoms. The molecule has 0 aliphatic carbocycles. The molecule has 0 aromatic rings. The molecule has 0 aromatic carbocycles. The zero-order chi connectivity index (χ0) is 88.1. The van der Waals surface area contributed by atoms with Crippen molar-refractivity contribution in [3.63, 3.8) is 0 Å². The molecule has 0 radical (unpaired) electrons. The average molecular weight is 1610 g/mol. The Hall–Kier alpha value is -7.04. The van der Waals surface area contributed by atoms with E-state index in [0.29, 0.717) is 109 Å². The third kappa shape index (κ3) is 112. The quantitative estimate of drug-likeness (QED) is 0.0327. The second-order valence-corrected chi connectivity index (χ2v) is 25.7. The maximum atomic E-state index is 11.0. The highest BCUT2D eigenvalue weighted by Gasteiger charge is 2.16. The van der Waals surface area contributed by atoms with Gasteiger partial charge in [-0.3, -0.25) is 81.5 Å². The summed E-state index contributed by atoms with van der Waals surface area (Å²) in [6, 6.07) is 0. The van der Waals surface area contributed by atoms with Crippen LogP contribution in [0, 0.1) is 0 Å². The van der Waals surface area contributed by atoms with Crippen LogP contribution in [0.5, 0.6) is 0 Å². The molecule has 0 amide bonds. The van der Waals surface area contributed by atoms with Crippen LogP contribution in [-0.2, 0) is 139 Å². The topological polar surface area (TPSA) is 465 Å². The molecule has 0 aliphatic heterocycles. The Morgan fingerprint density at radius 1 is 0.241 bits per heavy atom. The van der Waals surface area contributed by atoms with E-state index in [-0.39, 0.29) is 203 Å². The van der Waals surface area contributed by atoms with Crippen molar-refractivity contribution in [2.24, 2.45) is 0 Å². The Balaban J connectivity index is -0.000000152. The third-order valence-electron chi connectivity index (χ3n) is 14.0. The van der Waals surface area contributed by atoms with Crippen molar-refractivity contribution in [1.82, 2.24) is 0 Å². The number of carbonyl (C=O) groups excluding carboxylic acids is 20. The lowest BCUT2D eigenvalue weighted by Crippen LogP contribution is -2.18. The lowest BCUT2D eigenvalue weighted by Gasteiger charge is -2.06. The smallest absolute Gasteiger partial charge is 0.223 e. The Morgan fingerprint density at radius 3 is 0.920 bits per heavy atom. The van der Waals surface area contributed by atoms with Crippen molar-refractivity contribution in [2.45, 2.75) is 280 Å². The average Bonchev–Trinajstić information content (AvgIpc) is 1.01. The van der Waals surface area contributed by atoms with E-state index in [4.69, 9.17) is 5.11 Å². The van der Waals surface area contributed by atoms with E-state index in [1.165, 1.54) is 91.7 Å². The van der Waals surface area contributed by atoms with Gasteiger partial charge < -0.3 is 67.2 Å². The summed E-state index contributed by atoms with van der Waals surface area (Å²) in [5.74, 6) is -1.83. The molecule has 2 atom stereocenters. The first-order valence-electron chi connectivity index (χ1n) is 37.8. The summed E-state index contributed by atoms with van der Waals surface area (Å²) >= 11 is 0. The van der Waals surface area contributed by atoms with Crippen molar-refractivity contribution in [3.8, 4) is 0 Å². The molecule has 112 heavy (non-hydrogen) atoms. The summed E-state index contributed by atoms with van der Waals surface area (Å²) in [5, 5.41) is 18.3. The first kappa shape index (κ1) is 123. The monoisotopic (exact) mass is 1610 g/mol. The predicted octanol–water partition coefficient (Wildman–Crippen LogP) is 8.46. The van der Waals surface area contributed by atoms with Crippen molar-refractivity contribution < 1.29 is 149 Å². The first-order chi connectivity index (χ1) is 52.8. The molecule has 0 saturated heterocycles. The minimum atomic E-state index is -0.921. The Labute approximate surface area is 665 Å². The van der Waals surface area contributed by atoms with Crippen molar-refractivity contribution in [2.75, 3.05) is 123 Å². The Kier molecular flexibility index (Phi) is 102. The maximum Gasteiger partial charge on any atom is 0.223 e. The highest BCUT2D eigenvalue weighted by molar-refractivity contribution is 6.38. The lowest BCUT2D eigenvalue weighted by molar-refractivity contribution is -0.138. The minimum Gasteiger partial charge on any atom is -0.393 e. The van der Waals surface area contributed by atoms with Crippen LogP contribution in [0.15, 0.2) is 0 Å². The Bertz CT molecular complexity index is 2620. The van der Waals surface area contributed by atoms with Crippen molar-refractivity contribution >= 4 is 116 Å². The van der Waals surface area contributed by atoms with Crippen LogP contribution in [0.4, 0.5) is 0 Å². The lowest BCUT2D eigenvalue weighted by atomic mass is 10.1. The van der Waals surface area contributed by atoms with E-state index in [1.54, 1.807) is 6.92 Å². The first-order valence-corrected chi connectivity index (χ1v) is 37.8. The van der Waals surface area contributed by atoms with E-state index in [9.17, 15) is 101 Å². The molecule has 31 nitrogen and oxygen atoms in total. The molecule has 0 saturated carbocycles. The molecule has 2 N–H and O–H groups in total. The fourth-order valence-electron chi connectivity index (χ4n) is 8.13. The maximum absolute atomic E-state index is 11.0. The molecule has 0 heterocycles. The van der Waals surface area contributed by atoms with Gasteiger partial charge in [-0.25, -0.2) is 0 Å². The molecular weight excluding hydrogens is 1470 g/mol. The number of methoxy groups -OCH3 is 9. The van der Waals surface area contributed by atoms with E-state index >= 15 is 0 Å². The number of hydrogen-bond donors (Lipinski definition) is 2. The fourth-order valence-corrected chi connectivity index (χ4v) is 8.13. The molecule has 0 aliphatic rings. The molecule has 0 aromatic heterocycles. The normalized spacial score (nSPS) is 10.4. The van der Waals surface area contributed by atoms with Gasteiger partial charge in [0.1, 0.15) is 112 Å². The number of aliphatic hydroxyl groups excluding tert-OH is 2. The van der Waals surface area contributed by atoms with Crippen LogP contribution >= 0.6 is 0 Å². The molecule has 0 rings (SSSR count). The summed E-state index contributed by atoms with van der Waals surface area (Å²) in [7, 11) is 13.0. The number of aliphatic hydroxyl groups is 2. The van der Waals surface area contributed by atoms with Gasteiger partial charge in [-0.1, -0.05) is 47.0 Å². The summed E-state index contributed by atoms with van der Waals surface area (Å²) in [6.07, 6.45) is 14.3. The van der Waals surface area contributed by atoms with Crippen molar-refractivity contribution in [1.29, 1.82) is 0 Å². The van der Waals surface area contributed by atoms with E-state index in [0.717, 1.165) is 51.4 Å². The highest BCUT2D eigenvalue weighted by atomic mass is 16.5. The minimum absolute atomic E-state index is 0.00162. The van der Waals surface area contributed by atoms with E-state index in [1.807, 2.05) is 20.8 Å². The number of ether oxygens (including phenoxy) is 9.